The van der Waals surface area contributed by atoms with Gasteiger partial charge in [0.15, 0.2) is 0 Å². The minimum absolute atomic E-state index is 0.228. The topological polar surface area (TPSA) is 153 Å². The van der Waals surface area contributed by atoms with E-state index in [2.05, 4.69) is 40.2 Å². The Morgan fingerprint density at radius 1 is 0.567 bits per heavy atom. The molecule has 0 rings (SSSR count). The molecule has 0 aromatic carbocycles. The number of alkyl carbamates (subject to hydrolysis) is 4. The lowest BCUT2D eigenvalue weighted by Gasteiger charge is -2.19. The Bertz CT molecular complexity index is 486. The van der Waals surface area contributed by atoms with Gasteiger partial charge in [0.05, 0.1) is 28.4 Å². The lowest BCUT2D eigenvalue weighted by molar-refractivity contribution is 0.159. The van der Waals surface area contributed by atoms with Crippen molar-refractivity contribution in [2.45, 2.75) is 50.6 Å². The van der Waals surface area contributed by atoms with E-state index in [9.17, 15) is 19.2 Å². The van der Waals surface area contributed by atoms with Crippen LogP contribution in [-0.4, -0.2) is 78.0 Å². The van der Waals surface area contributed by atoms with Gasteiger partial charge in [-0.1, -0.05) is 25.7 Å². The summed E-state index contributed by atoms with van der Waals surface area (Å²) < 4.78 is 18.2. The molecular weight excluding hydrogens is 400 g/mol. The molecule has 0 aromatic rings. The predicted octanol–water partition coefficient (Wildman–Crippen LogP) is 1.49. The fraction of sp³-hybridized carbons (Fsp3) is 0.778. The lowest BCUT2D eigenvalue weighted by Crippen LogP contribution is -2.43. The van der Waals surface area contributed by atoms with Crippen LogP contribution in [0.2, 0.25) is 0 Å². The molecule has 12 nitrogen and oxygen atoms in total. The molecule has 2 unspecified atom stereocenters. The van der Waals surface area contributed by atoms with E-state index in [1.54, 1.807) is 0 Å². The van der Waals surface area contributed by atoms with Crippen LogP contribution in [-0.2, 0) is 18.9 Å². The zero-order valence-electron chi connectivity index (χ0n) is 18.1. The number of amides is 4. The second-order valence-electron chi connectivity index (χ2n) is 6.40. The maximum absolute atomic E-state index is 11.4. The zero-order chi connectivity index (χ0) is 22.8. The van der Waals surface area contributed by atoms with Gasteiger partial charge in [0.2, 0.25) is 0 Å². The lowest BCUT2D eigenvalue weighted by atomic mass is 10.0. The second-order valence-corrected chi connectivity index (χ2v) is 6.40. The quantitative estimate of drug-likeness (QED) is 0.251. The highest BCUT2D eigenvalue weighted by atomic mass is 16.5. The van der Waals surface area contributed by atoms with Gasteiger partial charge in [-0.2, -0.15) is 0 Å². The Kier molecular flexibility index (Phi) is 15.3. The van der Waals surface area contributed by atoms with Gasteiger partial charge in [-0.3, -0.25) is 0 Å². The predicted molar refractivity (Wildman–Crippen MR) is 107 cm³/mol. The number of carbonyl (C=O) groups excluding carboxylic acids is 4. The number of rotatable bonds is 13. The largest absolute Gasteiger partial charge is 0.453 e. The highest BCUT2D eigenvalue weighted by Gasteiger charge is 2.15. The van der Waals surface area contributed by atoms with Crippen molar-refractivity contribution in [1.29, 1.82) is 0 Å². The van der Waals surface area contributed by atoms with Crippen LogP contribution in [0.25, 0.3) is 0 Å². The molecule has 4 N–H and O–H groups in total. The van der Waals surface area contributed by atoms with Gasteiger partial charge in [0.1, 0.15) is 0 Å². The van der Waals surface area contributed by atoms with Crippen molar-refractivity contribution in [3.05, 3.63) is 0 Å². The van der Waals surface area contributed by atoms with Crippen LogP contribution in [0.3, 0.4) is 0 Å². The Morgan fingerprint density at radius 2 is 0.900 bits per heavy atom. The summed E-state index contributed by atoms with van der Waals surface area (Å²) in [5, 5.41) is 10.4. The van der Waals surface area contributed by atoms with E-state index in [0.29, 0.717) is 12.8 Å². The molecule has 0 saturated carbocycles. The summed E-state index contributed by atoms with van der Waals surface area (Å²) in [7, 11) is 5.07. The summed E-state index contributed by atoms with van der Waals surface area (Å²) in [5.41, 5.74) is 0. The number of carbonyl (C=O) groups is 4. The second kappa shape index (κ2) is 17.0. The van der Waals surface area contributed by atoms with Crippen LogP contribution in [0.15, 0.2) is 0 Å². The summed E-state index contributed by atoms with van der Waals surface area (Å²) in [4.78, 5) is 45.3. The molecular formula is C18H34N4O8. The van der Waals surface area contributed by atoms with Crippen molar-refractivity contribution in [2.75, 3.05) is 41.5 Å². The first kappa shape index (κ1) is 27.1. The minimum Gasteiger partial charge on any atom is -0.453 e. The van der Waals surface area contributed by atoms with E-state index in [1.807, 2.05) is 0 Å². The molecule has 30 heavy (non-hydrogen) atoms. The van der Waals surface area contributed by atoms with Crippen LogP contribution < -0.4 is 21.3 Å². The molecule has 0 saturated heterocycles. The number of methoxy groups -OCH3 is 4. The molecule has 0 aliphatic carbocycles. The summed E-state index contributed by atoms with van der Waals surface area (Å²) in [6.45, 7) is 0.457. The van der Waals surface area contributed by atoms with Crippen LogP contribution in [0.1, 0.15) is 38.5 Å². The summed E-state index contributed by atoms with van der Waals surface area (Å²) in [6.07, 6.45) is 2.40. The van der Waals surface area contributed by atoms with Crippen molar-refractivity contribution in [3.8, 4) is 0 Å². The van der Waals surface area contributed by atoms with Gasteiger partial charge in [0, 0.05) is 25.2 Å². The molecule has 4 amide bonds. The Balaban J connectivity index is 4.27. The first-order valence-corrected chi connectivity index (χ1v) is 9.68. The van der Waals surface area contributed by atoms with Crippen molar-refractivity contribution in [2.24, 2.45) is 0 Å². The third-order valence-electron chi connectivity index (χ3n) is 4.23. The Labute approximate surface area is 176 Å². The molecule has 12 heteroatoms. The van der Waals surface area contributed by atoms with E-state index in [4.69, 9.17) is 0 Å². The summed E-state index contributed by atoms with van der Waals surface area (Å²) >= 11 is 0. The fourth-order valence-electron chi connectivity index (χ4n) is 2.59. The monoisotopic (exact) mass is 434 g/mol. The molecule has 0 aromatic heterocycles. The average Bonchev–Trinajstić information content (AvgIpc) is 2.76. The number of hydrogen-bond acceptors (Lipinski definition) is 8. The molecule has 0 spiro atoms. The van der Waals surface area contributed by atoms with Gasteiger partial charge < -0.3 is 40.2 Å². The molecule has 2 atom stereocenters. The third-order valence-corrected chi connectivity index (χ3v) is 4.23. The van der Waals surface area contributed by atoms with Gasteiger partial charge >= 0.3 is 24.4 Å². The van der Waals surface area contributed by atoms with Crippen LogP contribution in [0.5, 0.6) is 0 Å². The van der Waals surface area contributed by atoms with E-state index in [-0.39, 0.29) is 25.2 Å². The first-order chi connectivity index (χ1) is 14.4. The highest BCUT2D eigenvalue weighted by molar-refractivity contribution is 5.69. The fourth-order valence-corrected chi connectivity index (χ4v) is 2.59. The van der Waals surface area contributed by atoms with E-state index in [0.717, 1.165) is 25.7 Å². The number of unbranched alkanes of at least 4 members (excludes halogenated alkanes) is 3. The summed E-state index contributed by atoms with van der Waals surface area (Å²) in [5.74, 6) is 0. The number of nitrogens with one attached hydrogen (secondary N) is 4. The molecule has 0 aliphatic rings. The van der Waals surface area contributed by atoms with Gasteiger partial charge in [-0.25, -0.2) is 19.2 Å². The van der Waals surface area contributed by atoms with Crippen molar-refractivity contribution < 1.29 is 38.1 Å². The average molecular weight is 434 g/mol. The molecule has 0 radical (unpaired) electrons. The van der Waals surface area contributed by atoms with Crippen molar-refractivity contribution in [3.63, 3.8) is 0 Å². The van der Waals surface area contributed by atoms with Crippen LogP contribution in [0, 0.1) is 0 Å². The van der Waals surface area contributed by atoms with E-state index in [1.165, 1.54) is 28.4 Å². The Morgan fingerprint density at radius 3 is 1.20 bits per heavy atom. The SMILES string of the molecule is COC(=O)NCC(CCCCCCC(CNC(=O)OC)NC(=O)OC)NC(=O)OC. The Hall–Kier alpha value is -2.92. The first-order valence-electron chi connectivity index (χ1n) is 9.68. The minimum atomic E-state index is -0.573. The highest BCUT2D eigenvalue weighted by Crippen LogP contribution is 2.09. The van der Waals surface area contributed by atoms with Crippen molar-refractivity contribution in [1.82, 2.24) is 21.3 Å². The molecule has 0 bridgehead atoms. The maximum atomic E-state index is 11.4. The zero-order valence-corrected chi connectivity index (χ0v) is 18.1. The smallest absolute Gasteiger partial charge is 0.407 e. The molecule has 0 aliphatic heterocycles. The van der Waals surface area contributed by atoms with Gasteiger partial charge in [0.25, 0.3) is 0 Å². The van der Waals surface area contributed by atoms with Crippen molar-refractivity contribution >= 4 is 24.4 Å². The normalized spacial score (nSPS) is 12.0. The molecule has 174 valence electrons. The van der Waals surface area contributed by atoms with Gasteiger partial charge in [-0.05, 0) is 12.8 Å². The molecule has 0 fully saturated rings. The third kappa shape index (κ3) is 14.1. The molecule has 0 heterocycles. The van der Waals surface area contributed by atoms with Crippen LogP contribution in [0.4, 0.5) is 19.2 Å². The summed E-state index contributed by atoms with van der Waals surface area (Å²) in [6, 6.07) is -0.566. The van der Waals surface area contributed by atoms with E-state index < -0.39 is 24.4 Å². The maximum Gasteiger partial charge on any atom is 0.407 e. The van der Waals surface area contributed by atoms with E-state index >= 15 is 0 Å². The number of ether oxygens (including phenoxy) is 4. The van der Waals surface area contributed by atoms with Gasteiger partial charge in [-0.15, -0.1) is 0 Å². The van der Waals surface area contributed by atoms with Crippen LogP contribution >= 0.6 is 0 Å². The number of hydrogen-bond donors (Lipinski definition) is 4. The standard InChI is InChI=1S/C18H34N4O8/c1-27-15(23)19-11-13(21-17(25)29-3)9-7-5-6-8-10-14(22-18(26)30-4)12-20-16(24)28-2/h13-14H,5-12H2,1-4H3,(H,19,23)(H,20,24)(H,21,25)(H,22,26).